The highest BCUT2D eigenvalue weighted by atomic mass is 16.7. The fourth-order valence-electron chi connectivity index (χ4n) is 2.19. The van der Waals surface area contributed by atoms with Crippen LogP contribution in [0, 0.1) is 0 Å². The molecule has 0 fully saturated rings. The van der Waals surface area contributed by atoms with Crippen LogP contribution in [0.15, 0.2) is 29.4 Å². The molecule has 21 heavy (non-hydrogen) atoms. The molecule has 1 aromatic rings. The summed E-state index contributed by atoms with van der Waals surface area (Å²) in [5.41, 5.74) is -0.353. The molecule has 1 heterocycles. The molecule has 1 aromatic carbocycles. The Hall–Kier alpha value is -2.37. The Kier molecular flexibility index (Phi) is 4.26. The Morgan fingerprint density at radius 1 is 1.29 bits per heavy atom. The smallest absolute Gasteiger partial charge is 0.361 e. The van der Waals surface area contributed by atoms with Crippen molar-refractivity contribution in [3.63, 3.8) is 0 Å². The van der Waals surface area contributed by atoms with E-state index in [1.807, 2.05) is 0 Å². The molecule has 1 aliphatic heterocycles. The molecule has 0 bridgehead atoms. The maximum absolute atomic E-state index is 12.1. The molecular formula is C15H17NO5. The molecule has 0 spiro atoms. The van der Waals surface area contributed by atoms with Crippen molar-refractivity contribution in [1.29, 1.82) is 0 Å². The summed E-state index contributed by atoms with van der Waals surface area (Å²) in [5.74, 6) is -0.356. The maximum atomic E-state index is 12.1. The molecule has 0 amide bonds. The van der Waals surface area contributed by atoms with Gasteiger partial charge >= 0.3 is 5.97 Å². The van der Waals surface area contributed by atoms with Gasteiger partial charge < -0.3 is 14.3 Å². The molecule has 1 aliphatic rings. The zero-order chi connectivity index (χ0) is 15.5. The summed E-state index contributed by atoms with van der Waals surface area (Å²) in [5, 5.41) is 3.91. The van der Waals surface area contributed by atoms with Crippen LogP contribution in [0.5, 0.6) is 5.75 Å². The standard InChI is InChI=1S/C15H17NO5/c1-4-13(17)15(14(18)20-3)9-12(16-21-15)10-5-7-11(19-2)8-6-10/h5-8H,4,9H2,1-3H3. The highest BCUT2D eigenvalue weighted by Crippen LogP contribution is 2.30. The maximum Gasteiger partial charge on any atom is 0.361 e. The van der Waals surface area contributed by atoms with Crippen LogP contribution in [-0.4, -0.2) is 37.3 Å². The van der Waals surface area contributed by atoms with Crippen LogP contribution in [0.3, 0.4) is 0 Å². The third-order valence-electron chi connectivity index (χ3n) is 3.44. The second-order valence-corrected chi connectivity index (χ2v) is 4.63. The lowest BCUT2D eigenvalue weighted by Gasteiger charge is -2.21. The lowest BCUT2D eigenvalue weighted by molar-refractivity contribution is -0.172. The molecule has 6 heteroatoms. The topological polar surface area (TPSA) is 74.2 Å². The molecular weight excluding hydrogens is 274 g/mol. The summed E-state index contributed by atoms with van der Waals surface area (Å²) in [7, 11) is 2.80. The van der Waals surface area contributed by atoms with Crippen molar-refractivity contribution in [2.24, 2.45) is 5.16 Å². The zero-order valence-electron chi connectivity index (χ0n) is 12.2. The summed E-state index contributed by atoms with van der Waals surface area (Å²) in [4.78, 5) is 29.2. The monoisotopic (exact) mass is 291 g/mol. The summed E-state index contributed by atoms with van der Waals surface area (Å²) >= 11 is 0. The van der Waals surface area contributed by atoms with Crippen LogP contribution in [0.1, 0.15) is 25.3 Å². The van der Waals surface area contributed by atoms with Gasteiger partial charge in [0.15, 0.2) is 5.78 Å². The number of oxime groups is 1. The van der Waals surface area contributed by atoms with E-state index in [0.29, 0.717) is 11.5 Å². The van der Waals surface area contributed by atoms with Crippen LogP contribution in [-0.2, 0) is 19.2 Å². The Morgan fingerprint density at radius 2 is 1.95 bits per heavy atom. The average molecular weight is 291 g/mol. The fourth-order valence-corrected chi connectivity index (χ4v) is 2.19. The number of ether oxygens (including phenoxy) is 2. The predicted octanol–water partition coefficient (Wildman–Crippen LogP) is 1.71. The average Bonchev–Trinajstić information content (AvgIpc) is 3.00. The first-order valence-electron chi connectivity index (χ1n) is 6.58. The van der Waals surface area contributed by atoms with E-state index < -0.39 is 11.6 Å². The van der Waals surface area contributed by atoms with Gasteiger partial charge in [-0.15, -0.1) is 0 Å². The number of carbonyl (C=O) groups is 2. The summed E-state index contributed by atoms with van der Waals surface area (Å²) in [6.45, 7) is 1.67. The normalized spacial score (nSPS) is 20.4. The van der Waals surface area contributed by atoms with Crippen LogP contribution >= 0.6 is 0 Å². The zero-order valence-corrected chi connectivity index (χ0v) is 12.2. The molecule has 0 N–H and O–H groups in total. The first-order chi connectivity index (χ1) is 10.1. The van der Waals surface area contributed by atoms with Gasteiger partial charge in [-0.1, -0.05) is 12.1 Å². The van der Waals surface area contributed by atoms with Crippen molar-refractivity contribution < 1.29 is 23.9 Å². The first-order valence-corrected chi connectivity index (χ1v) is 6.58. The number of methoxy groups -OCH3 is 2. The number of hydrogen-bond donors (Lipinski definition) is 0. The summed E-state index contributed by atoms with van der Waals surface area (Å²) < 4.78 is 9.79. The van der Waals surface area contributed by atoms with E-state index in [9.17, 15) is 9.59 Å². The molecule has 2 rings (SSSR count). The van der Waals surface area contributed by atoms with Gasteiger partial charge in [0, 0.05) is 6.42 Å². The van der Waals surface area contributed by atoms with Crippen molar-refractivity contribution in [2.45, 2.75) is 25.4 Å². The Bertz CT molecular complexity index is 560. The van der Waals surface area contributed by atoms with Crippen LogP contribution in [0.4, 0.5) is 0 Å². The van der Waals surface area contributed by atoms with E-state index in [1.54, 1.807) is 38.3 Å². The number of benzene rings is 1. The van der Waals surface area contributed by atoms with Gasteiger partial charge in [0.1, 0.15) is 5.75 Å². The molecule has 112 valence electrons. The van der Waals surface area contributed by atoms with Gasteiger partial charge in [0.25, 0.3) is 5.60 Å². The Labute approximate surface area is 122 Å². The second kappa shape index (κ2) is 5.95. The highest BCUT2D eigenvalue weighted by molar-refractivity contribution is 6.15. The van der Waals surface area contributed by atoms with E-state index in [4.69, 9.17) is 14.3 Å². The fraction of sp³-hybridized carbons (Fsp3) is 0.400. The van der Waals surface area contributed by atoms with E-state index in [-0.39, 0.29) is 18.6 Å². The first kappa shape index (κ1) is 15.0. The third kappa shape index (κ3) is 2.61. The van der Waals surface area contributed by atoms with Gasteiger partial charge in [0.05, 0.1) is 26.4 Å². The lowest BCUT2D eigenvalue weighted by Crippen LogP contribution is -2.47. The predicted molar refractivity (Wildman–Crippen MR) is 75.3 cm³/mol. The quantitative estimate of drug-likeness (QED) is 0.610. The number of esters is 1. The molecule has 1 unspecified atom stereocenters. The lowest BCUT2D eigenvalue weighted by atomic mass is 9.89. The van der Waals surface area contributed by atoms with Crippen LogP contribution in [0.2, 0.25) is 0 Å². The van der Waals surface area contributed by atoms with E-state index in [0.717, 1.165) is 5.56 Å². The van der Waals surface area contributed by atoms with Gasteiger partial charge in [-0.3, -0.25) is 4.79 Å². The molecule has 6 nitrogen and oxygen atoms in total. The Morgan fingerprint density at radius 3 is 2.48 bits per heavy atom. The molecule has 0 aromatic heterocycles. The largest absolute Gasteiger partial charge is 0.497 e. The van der Waals surface area contributed by atoms with E-state index in [2.05, 4.69) is 5.16 Å². The van der Waals surface area contributed by atoms with E-state index >= 15 is 0 Å². The molecule has 0 saturated heterocycles. The number of rotatable bonds is 5. The number of Topliss-reactive ketones (excluding diaryl/α,β-unsaturated/α-hetero) is 1. The summed E-state index contributed by atoms with van der Waals surface area (Å²) in [6, 6.07) is 7.14. The molecule has 0 saturated carbocycles. The number of nitrogens with zero attached hydrogens (tertiary/aromatic N) is 1. The van der Waals surface area contributed by atoms with Crippen molar-refractivity contribution in [3.05, 3.63) is 29.8 Å². The second-order valence-electron chi connectivity index (χ2n) is 4.63. The number of hydrogen-bond acceptors (Lipinski definition) is 6. The molecule has 0 aliphatic carbocycles. The minimum absolute atomic E-state index is 0.0681. The van der Waals surface area contributed by atoms with Crippen molar-refractivity contribution in [2.75, 3.05) is 14.2 Å². The van der Waals surface area contributed by atoms with Crippen LogP contribution in [0.25, 0.3) is 0 Å². The SMILES string of the molecule is CCC(=O)C1(C(=O)OC)CC(c2ccc(OC)cc2)=NO1. The van der Waals surface area contributed by atoms with Crippen LogP contribution < -0.4 is 4.74 Å². The number of ketones is 1. The molecule has 0 radical (unpaired) electrons. The summed E-state index contributed by atoms with van der Waals surface area (Å²) in [6.07, 6.45) is 0.235. The van der Waals surface area contributed by atoms with Gasteiger partial charge in [-0.2, -0.15) is 0 Å². The third-order valence-corrected chi connectivity index (χ3v) is 3.44. The van der Waals surface area contributed by atoms with Crippen molar-refractivity contribution in [3.8, 4) is 5.75 Å². The van der Waals surface area contributed by atoms with Crippen molar-refractivity contribution >= 4 is 17.5 Å². The van der Waals surface area contributed by atoms with E-state index in [1.165, 1.54) is 7.11 Å². The van der Waals surface area contributed by atoms with Crippen molar-refractivity contribution in [1.82, 2.24) is 0 Å². The number of carbonyl (C=O) groups excluding carboxylic acids is 2. The minimum Gasteiger partial charge on any atom is -0.497 e. The molecule has 1 atom stereocenters. The van der Waals surface area contributed by atoms with Gasteiger partial charge in [-0.05, 0) is 29.8 Å². The minimum atomic E-state index is -1.65. The highest BCUT2D eigenvalue weighted by Gasteiger charge is 2.53. The Balaban J connectivity index is 2.26. The van der Waals surface area contributed by atoms with Gasteiger partial charge in [0.2, 0.25) is 0 Å². The van der Waals surface area contributed by atoms with Gasteiger partial charge in [-0.25, -0.2) is 4.79 Å².